The van der Waals surface area contributed by atoms with E-state index in [1.54, 1.807) is 30.3 Å². The van der Waals surface area contributed by atoms with Gasteiger partial charge in [0.05, 0.1) is 11.6 Å². The minimum absolute atomic E-state index is 0.0223. The lowest BCUT2D eigenvalue weighted by Gasteiger charge is -2.21. The van der Waals surface area contributed by atoms with E-state index in [9.17, 15) is 14.0 Å². The van der Waals surface area contributed by atoms with Crippen molar-refractivity contribution >= 4 is 44.7 Å². The lowest BCUT2D eigenvalue weighted by Crippen LogP contribution is -2.25. The molecule has 2 amide bonds. The molecular formula is C20H19BrFN3O4S. The first-order valence-corrected chi connectivity index (χ1v) is 10.5. The van der Waals surface area contributed by atoms with Crippen LogP contribution in [0.1, 0.15) is 30.3 Å². The predicted molar refractivity (Wildman–Crippen MR) is 116 cm³/mol. The summed E-state index contributed by atoms with van der Waals surface area (Å²) in [6, 6.07) is 9.86. The number of amides is 2. The van der Waals surface area contributed by atoms with E-state index in [0.29, 0.717) is 32.3 Å². The summed E-state index contributed by atoms with van der Waals surface area (Å²) < 4.78 is 25.7. The molecule has 1 atom stereocenters. The van der Waals surface area contributed by atoms with Crippen LogP contribution in [0, 0.1) is 5.82 Å². The zero-order valence-electron chi connectivity index (χ0n) is 16.4. The summed E-state index contributed by atoms with van der Waals surface area (Å²) >= 11 is 4.70. The van der Waals surface area contributed by atoms with Crippen molar-refractivity contribution in [3.8, 4) is 11.5 Å². The molecule has 30 heavy (non-hydrogen) atoms. The lowest BCUT2D eigenvalue weighted by atomic mass is 10.2. The molecule has 0 aromatic heterocycles. The Morgan fingerprint density at radius 2 is 2.03 bits per heavy atom. The summed E-state index contributed by atoms with van der Waals surface area (Å²) in [5.74, 6) is -0.0899. The van der Waals surface area contributed by atoms with Gasteiger partial charge in [0.25, 0.3) is 0 Å². The Morgan fingerprint density at radius 1 is 1.30 bits per heavy atom. The number of hydrazone groups is 1. The first kappa shape index (κ1) is 22.1. The van der Waals surface area contributed by atoms with E-state index in [1.807, 2.05) is 0 Å². The van der Waals surface area contributed by atoms with Gasteiger partial charge in [-0.15, -0.1) is 5.10 Å². The molecule has 1 heterocycles. The van der Waals surface area contributed by atoms with Gasteiger partial charge in [0.2, 0.25) is 11.8 Å². The highest BCUT2D eigenvalue weighted by Gasteiger charge is 2.33. The molecule has 2 aromatic carbocycles. The van der Waals surface area contributed by atoms with E-state index in [-0.39, 0.29) is 24.2 Å². The molecule has 0 saturated carbocycles. The van der Waals surface area contributed by atoms with Gasteiger partial charge in [-0.05, 0) is 39.7 Å². The Morgan fingerprint density at radius 3 is 2.67 bits per heavy atom. The summed E-state index contributed by atoms with van der Waals surface area (Å²) in [4.78, 5) is 23.4. The van der Waals surface area contributed by atoms with Crippen LogP contribution in [0.2, 0.25) is 0 Å². The van der Waals surface area contributed by atoms with Gasteiger partial charge in [0.1, 0.15) is 17.8 Å². The second-order valence-electron chi connectivity index (χ2n) is 6.33. The molecule has 0 aliphatic carbocycles. The highest BCUT2D eigenvalue weighted by molar-refractivity contribution is 9.10. The van der Waals surface area contributed by atoms with E-state index in [1.165, 1.54) is 43.8 Å². The van der Waals surface area contributed by atoms with Crippen LogP contribution in [0.25, 0.3) is 0 Å². The number of thioether (sulfide) groups is 1. The number of methoxy groups -OCH3 is 1. The first-order chi connectivity index (χ1) is 14.3. The van der Waals surface area contributed by atoms with Crippen molar-refractivity contribution in [3.63, 3.8) is 0 Å². The van der Waals surface area contributed by atoms with Crippen molar-refractivity contribution in [1.82, 2.24) is 10.3 Å². The number of amidine groups is 1. The second-order valence-corrected chi connectivity index (χ2v) is 8.26. The van der Waals surface area contributed by atoms with Crippen LogP contribution in [0.15, 0.2) is 46.0 Å². The zero-order chi connectivity index (χ0) is 21.8. The monoisotopic (exact) mass is 495 g/mol. The van der Waals surface area contributed by atoms with E-state index in [2.05, 4.69) is 26.3 Å². The van der Waals surface area contributed by atoms with Gasteiger partial charge in [-0.2, -0.15) is 0 Å². The lowest BCUT2D eigenvalue weighted by molar-refractivity contribution is -0.129. The summed E-state index contributed by atoms with van der Waals surface area (Å²) in [5, 5.41) is 7.91. The third kappa shape index (κ3) is 4.93. The number of carbonyl (C=O) groups excluding carboxylic acids is 2. The van der Waals surface area contributed by atoms with Crippen LogP contribution in [-0.4, -0.2) is 29.1 Å². The van der Waals surface area contributed by atoms with Crippen LogP contribution in [0.5, 0.6) is 11.5 Å². The van der Waals surface area contributed by atoms with Crippen molar-refractivity contribution in [2.75, 3.05) is 7.11 Å². The number of nitrogens with one attached hydrogen (secondary N) is 1. The molecule has 1 aliphatic rings. The van der Waals surface area contributed by atoms with E-state index >= 15 is 0 Å². The molecular weight excluding hydrogens is 477 g/mol. The van der Waals surface area contributed by atoms with Crippen molar-refractivity contribution in [1.29, 1.82) is 0 Å². The maximum Gasteiger partial charge on any atom is 0.241 e. The Hall–Kier alpha value is -2.59. The topological polar surface area (TPSA) is 80.2 Å². The van der Waals surface area contributed by atoms with Gasteiger partial charge >= 0.3 is 0 Å². The number of hydrogen-bond acceptors (Lipinski definition) is 6. The van der Waals surface area contributed by atoms with Gasteiger partial charge in [0, 0.05) is 19.4 Å². The molecule has 1 unspecified atom stereocenters. The van der Waals surface area contributed by atoms with Gasteiger partial charge in [-0.3, -0.25) is 9.59 Å². The molecule has 0 bridgehead atoms. The van der Waals surface area contributed by atoms with Crippen LogP contribution in [0.3, 0.4) is 0 Å². The minimum Gasteiger partial charge on any atom is -0.493 e. The maximum absolute atomic E-state index is 13.9. The summed E-state index contributed by atoms with van der Waals surface area (Å²) in [5.41, 5.74) is 1.12. The fraction of sp³-hybridized carbons (Fsp3) is 0.250. The number of hydrogen-bond donors (Lipinski definition) is 1. The fourth-order valence-corrected chi connectivity index (χ4v) is 4.46. The third-order valence-corrected chi connectivity index (χ3v) is 5.81. The molecule has 10 heteroatoms. The van der Waals surface area contributed by atoms with Crippen molar-refractivity contribution < 1.29 is 23.5 Å². The van der Waals surface area contributed by atoms with Crippen molar-refractivity contribution in [2.24, 2.45) is 5.10 Å². The van der Waals surface area contributed by atoms with Crippen LogP contribution < -0.4 is 14.8 Å². The first-order valence-electron chi connectivity index (χ1n) is 8.86. The number of ether oxygens (including phenoxy) is 2. The van der Waals surface area contributed by atoms with Gasteiger partial charge in [0.15, 0.2) is 16.7 Å². The molecule has 0 fully saturated rings. The van der Waals surface area contributed by atoms with Gasteiger partial charge in [-0.1, -0.05) is 30.0 Å². The summed E-state index contributed by atoms with van der Waals surface area (Å²) in [6.45, 7) is 2.79. The highest BCUT2D eigenvalue weighted by atomic mass is 79.9. The van der Waals surface area contributed by atoms with Crippen LogP contribution >= 0.6 is 27.7 Å². The number of rotatable bonds is 5. The van der Waals surface area contributed by atoms with Crippen molar-refractivity contribution in [2.45, 2.75) is 25.8 Å². The molecule has 7 nitrogen and oxygen atoms in total. The van der Waals surface area contributed by atoms with Crippen molar-refractivity contribution in [3.05, 3.63) is 57.8 Å². The largest absolute Gasteiger partial charge is 0.493 e. The quantitative estimate of drug-likeness (QED) is 0.672. The van der Waals surface area contributed by atoms with E-state index in [4.69, 9.17) is 9.47 Å². The average molecular weight is 496 g/mol. The van der Waals surface area contributed by atoms with Crippen LogP contribution in [0.4, 0.5) is 4.39 Å². The van der Waals surface area contributed by atoms with Crippen LogP contribution in [-0.2, 0) is 16.2 Å². The molecule has 2 aromatic rings. The molecule has 1 aliphatic heterocycles. The molecule has 158 valence electrons. The summed E-state index contributed by atoms with van der Waals surface area (Å²) in [7, 11) is 1.49. The fourth-order valence-electron chi connectivity index (χ4n) is 2.77. The van der Waals surface area contributed by atoms with E-state index < -0.39 is 5.37 Å². The average Bonchev–Trinajstić information content (AvgIpc) is 3.11. The normalized spacial score (nSPS) is 15.6. The third-order valence-electron chi connectivity index (χ3n) is 4.12. The van der Waals surface area contributed by atoms with Gasteiger partial charge < -0.3 is 14.8 Å². The smallest absolute Gasteiger partial charge is 0.241 e. The highest BCUT2D eigenvalue weighted by Crippen LogP contribution is 2.45. The van der Waals surface area contributed by atoms with Gasteiger partial charge in [-0.25, -0.2) is 9.40 Å². The minimum atomic E-state index is -0.491. The zero-order valence-corrected chi connectivity index (χ0v) is 18.8. The maximum atomic E-state index is 13.9. The predicted octanol–water partition coefficient (Wildman–Crippen LogP) is 4.18. The van der Waals surface area contributed by atoms with E-state index in [0.717, 1.165) is 0 Å². The molecule has 0 spiro atoms. The SMILES string of the molecule is COc1cc(C2SC(NC(C)=O)=NN2C(C)=O)cc(Br)c1OCc1ccccc1F. The number of carbonyl (C=O) groups is 2. The Bertz CT molecular complexity index is 1020. The molecule has 0 saturated heterocycles. The molecule has 0 radical (unpaired) electrons. The second kappa shape index (κ2) is 9.48. The molecule has 1 N–H and O–H groups in total. The Balaban J connectivity index is 1.87. The summed E-state index contributed by atoms with van der Waals surface area (Å²) in [6.07, 6.45) is 0. The number of nitrogens with zero attached hydrogens (tertiary/aromatic N) is 2. The standard InChI is InChI=1S/C20H19BrFN3O4S/c1-11(26)23-20-24-25(12(2)27)19(30-20)14-8-15(21)18(17(9-14)28-3)29-10-13-6-4-5-7-16(13)22/h4-9,19H,10H2,1-3H3,(H,23,24,26). The number of benzene rings is 2. The number of halogens is 2. The molecule has 3 rings (SSSR count). The Kier molecular flexibility index (Phi) is 6.99. The Labute approximate surface area is 185 Å².